The van der Waals surface area contributed by atoms with Gasteiger partial charge in [-0.1, -0.05) is 77.8 Å². The first-order valence-corrected chi connectivity index (χ1v) is 15.6. The lowest BCUT2D eigenvalue weighted by atomic mass is 9.84. The molecule has 0 bridgehead atoms. The van der Waals surface area contributed by atoms with E-state index < -0.39 is 52.7 Å². The van der Waals surface area contributed by atoms with E-state index in [9.17, 15) is 24.0 Å². The molecule has 0 aromatic heterocycles. The highest BCUT2D eigenvalue weighted by molar-refractivity contribution is 6.37. The third-order valence-corrected chi connectivity index (χ3v) is 8.41. The third-order valence-electron chi connectivity index (χ3n) is 8.41. The van der Waals surface area contributed by atoms with Gasteiger partial charge in [0.25, 0.3) is 5.91 Å². The SMILES string of the molecule is CC(C)C1CCN(C(=O)[C@@H](NC(=O)NC(C)(C)COCc2ccccc2)C(C)(C)C)[C@@H]1C(=O)NC(CC1CC1)C(=O)C(N)=O. The highest BCUT2D eigenvalue weighted by Crippen LogP contribution is 2.35. The lowest BCUT2D eigenvalue weighted by Crippen LogP contribution is -2.62. The Bertz CT molecular complexity index is 1190. The molecule has 11 heteroatoms. The zero-order chi connectivity index (χ0) is 32.8. The van der Waals surface area contributed by atoms with E-state index in [4.69, 9.17) is 10.5 Å². The summed E-state index contributed by atoms with van der Waals surface area (Å²) in [5, 5.41) is 8.55. The molecule has 0 spiro atoms. The molecule has 5 amide bonds. The van der Waals surface area contributed by atoms with Gasteiger partial charge in [0.1, 0.15) is 12.1 Å². The van der Waals surface area contributed by atoms with Crippen LogP contribution in [0.2, 0.25) is 0 Å². The number of Topliss-reactive ketones (excluding diaryl/α,β-unsaturated/α-hetero) is 1. The fraction of sp³-hybridized carbons (Fsp3) is 0.667. The molecule has 2 unspecified atom stereocenters. The lowest BCUT2D eigenvalue weighted by Gasteiger charge is -2.37. The molecule has 3 rings (SSSR count). The molecule has 5 N–H and O–H groups in total. The van der Waals surface area contributed by atoms with Gasteiger partial charge in [0.2, 0.25) is 17.6 Å². The molecule has 1 aromatic rings. The number of primary amides is 1. The molecule has 11 nitrogen and oxygen atoms in total. The minimum absolute atomic E-state index is 0.0679. The monoisotopic (exact) mass is 613 g/mol. The summed E-state index contributed by atoms with van der Waals surface area (Å²) in [7, 11) is 0. The number of benzene rings is 1. The number of likely N-dealkylation sites (tertiary alicyclic amines) is 1. The number of amides is 5. The maximum atomic E-state index is 14.2. The predicted molar refractivity (Wildman–Crippen MR) is 167 cm³/mol. The summed E-state index contributed by atoms with van der Waals surface area (Å²) in [6.45, 7) is 14.2. The first-order valence-electron chi connectivity index (χ1n) is 15.6. The van der Waals surface area contributed by atoms with Gasteiger partial charge in [-0.05, 0) is 55.4 Å². The number of nitrogens with two attached hydrogens (primary N) is 1. The van der Waals surface area contributed by atoms with Crippen molar-refractivity contribution in [2.24, 2.45) is 28.9 Å². The Balaban J connectivity index is 1.72. The number of urea groups is 1. The fourth-order valence-corrected chi connectivity index (χ4v) is 5.77. The van der Waals surface area contributed by atoms with Crippen LogP contribution in [0.15, 0.2) is 30.3 Å². The van der Waals surface area contributed by atoms with Crippen LogP contribution in [0.5, 0.6) is 0 Å². The number of nitrogens with zero attached hydrogens (tertiary/aromatic N) is 1. The van der Waals surface area contributed by atoms with Crippen LogP contribution < -0.4 is 21.7 Å². The van der Waals surface area contributed by atoms with Crippen LogP contribution in [-0.2, 0) is 30.5 Å². The third kappa shape index (κ3) is 9.77. The molecule has 1 saturated heterocycles. The van der Waals surface area contributed by atoms with Crippen LogP contribution in [0.25, 0.3) is 0 Å². The van der Waals surface area contributed by atoms with Crippen LogP contribution in [0, 0.1) is 23.2 Å². The summed E-state index contributed by atoms with van der Waals surface area (Å²) in [6.07, 6.45) is 2.79. The van der Waals surface area contributed by atoms with Gasteiger partial charge in [-0.3, -0.25) is 19.2 Å². The van der Waals surface area contributed by atoms with Crippen molar-refractivity contribution in [2.75, 3.05) is 13.2 Å². The molecule has 4 atom stereocenters. The summed E-state index contributed by atoms with van der Waals surface area (Å²) in [4.78, 5) is 67.0. The Morgan fingerprint density at radius 2 is 1.61 bits per heavy atom. The van der Waals surface area contributed by atoms with Crippen molar-refractivity contribution in [3.8, 4) is 0 Å². The molecule has 1 heterocycles. The lowest BCUT2D eigenvalue weighted by molar-refractivity contribution is -0.144. The van der Waals surface area contributed by atoms with E-state index in [2.05, 4.69) is 16.0 Å². The molecule has 2 fully saturated rings. The molecule has 1 aromatic carbocycles. The Kier molecular flexibility index (Phi) is 11.6. The van der Waals surface area contributed by atoms with Gasteiger partial charge in [-0.25, -0.2) is 4.79 Å². The zero-order valence-corrected chi connectivity index (χ0v) is 27.3. The molecule has 0 radical (unpaired) electrons. The van der Waals surface area contributed by atoms with Gasteiger partial charge in [0, 0.05) is 6.54 Å². The van der Waals surface area contributed by atoms with Crippen molar-refractivity contribution in [1.29, 1.82) is 0 Å². The van der Waals surface area contributed by atoms with Crippen molar-refractivity contribution in [3.05, 3.63) is 35.9 Å². The standard InChI is InChI=1S/C33H51N5O6/c1-20(2)23-15-16-38(25(23)29(41)35-24(17-21-13-14-21)26(39)28(34)40)30(42)27(32(3,4)5)36-31(43)37-33(6,7)19-44-18-22-11-9-8-10-12-22/h8-12,20-21,23-25,27H,13-19H2,1-7H3,(H2,34,40)(H,35,41)(H2,36,37,43)/t23?,24?,25-,27+/m0/s1. The second-order valence-electron chi connectivity index (χ2n) is 14.4. The maximum absolute atomic E-state index is 14.2. The molecule has 1 aliphatic carbocycles. The van der Waals surface area contributed by atoms with E-state index in [1.165, 1.54) is 4.90 Å². The fourth-order valence-electron chi connectivity index (χ4n) is 5.77. The Morgan fingerprint density at radius 3 is 2.16 bits per heavy atom. The van der Waals surface area contributed by atoms with E-state index in [0.29, 0.717) is 26.0 Å². The van der Waals surface area contributed by atoms with Crippen LogP contribution >= 0.6 is 0 Å². The van der Waals surface area contributed by atoms with Gasteiger partial charge in [-0.2, -0.15) is 0 Å². The highest BCUT2D eigenvalue weighted by atomic mass is 16.5. The number of hydrogen-bond acceptors (Lipinski definition) is 6. The summed E-state index contributed by atoms with van der Waals surface area (Å²) >= 11 is 0. The van der Waals surface area contributed by atoms with E-state index in [0.717, 1.165) is 18.4 Å². The number of carbonyl (C=O) groups excluding carboxylic acids is 5. The largest absolute Gasteiger partial charge is 0.374 e. The minimum Gasteiger partial charge on any atom is -0.374 e. The number of carbonyl (C=O) groups is 5. The molecular weight excluding hydrogens is 562 g/mol. The summed E-state index contributed by atoms with van der Waals surface area (Å²) in [6, 6.07) is 6.38. The minimum atomic E-state index is -1.09. The van der Waals surface area contributed by atoms with Crippen molar-refractivity contribution < 1.29 is 28.7 Å². The second kappa shape index (κ2) is 14.5. The molecule has 2 aliphatic rings. The summed E-state index contributed by atoms with van der Waals surface area (Å²) in [5.41, 5.74) is 4.89. The number of ether oxygens (including phenoxy) is 1. The van der Waals surface area contributed by atoms with E-state index in [1.54, 1.807) is 0 Å². The molecule has 244 valence electrons. The van der Waals surface area contributed by atoms with Crippen LogP contribution in [0.4, 0.5) is 4.79 Å². The number of ketones is 1. The normalized spacial score (nSPS) is 20.1. The van der Waals surface area contributed by atoms with Crippen molar-refractivity contribution >= 4 is 29.5 Å². The topological polar surface area (TPSA) is 160 Å². The smallest absolute Gasteiger partial charge is 0.315 e. The highest BCUT2D eigenvalue weighted by Gasteiger charge is 2.48. The van der Waals surface area contributed by atoms with Crippen LogP contribution in [0.3, 0.4) is 0 Å². The van der Waals surface area contributed by atoms with Gasteiger partial charge < -0.3 is 31.3 Å². The molecular formula is C33H51N5O6. The van der Waals surface area contributed by atoms with E-state index in [1.807, 2.05) is 78.8 Å². The first-order chi connectivity index (χ1) is 20.5. The maximum Gasteiger partial charge on any atom is 0.315 e. The summed E-state index contributed by atoms with van der Waals surface area (Å²) in [5.74, 6) is -2.63. The molecule has 44 heavy (non-hydrogen) atoms. The second-order valence-corrected chi connectivity index (χ2v) is 14.4. The Hall–Kier alpha value is -3.47. The predicted octanol–water partition coefficient (Wildman–Crippen LogP) is 2.91. The van der Waals surface area contributed by atoms with Gasteiger partial charge in [0.05, 0.1) is 24.8 Å². The van der Waals surface area contributed by atoms with E-state index >= 15 is 0 Å². The van der Waals surface area contributed by atoms with Crippen molar-refractivity contribution in [3.63, 3.8) is 0 Å². The van der Waals surface area contributed by atoms with Crippen LogP contribution in [-0.4, -0.2) is 71.3 Å². The molecule has 1 saturated carbocycles. The number of rotatable bonds is 14. The quantitative estimate of drug-likeness (QED) is 0.236. The van der Waals surface area contributed by atoms with Gasteiger partial charge in [0.15, 0.2) is 0 Å². The molecule has 1 aliphatic heterocycles. The van der Waals surface area contributed by atoms with Gasteiger partial charge in [-0.15, -0.1) is 0 Å². The van der Waals surface area contributed by atoms with Crippen molar-refractivity contribution in [2.45, 2.75) is 104 Å². The first kappa shape index (κ1) is 35.0. The Labute approximate surface area is 261 Å². The van der Waals surface area contributed by atoms with Gasteiger partial charge >= 0.3 is 6.03 Å². The summed E-state index contributed by atoms with van der Waals surface area (Å²) < 4.78 is 5.84. The average molecular weight is 614 g/mol. The van der Waals surface area contributed by atoms with Crippen molar-refractivity contribution in [1.82, 2.24) is 20.9 Å². The zero-order valence-electron chi connectivity index (χ0n) is 27.3. The van der Waals surface area contributed by atoms with Crippen LogP contribution in [0.1, 0.15) is 79.7 Å². The van der Waals surface area contributed by atoms with E-state index in [-0.39, 0.29) is 30.3 Å². The average Bonchev–Trinajstić information content (AvgIpc) is 3.63. The number of nitrogens with one attached hydrogen (secondary N) is 3. The number of hydrogen-bond donors (Lipinski definition) is 4. The Morgan fingerprint density at radius 1 is 0.977 bits per heavy atom.